The van der Waals surface area contributed by atoms with Crippen molar-refractivity contribution >= 4 is 50.5 Å². The van der Waals surface area contributed by atoms with E-state index in [-0.39, 0.29) is 5.97 Å². The van der Waals surface area contributed by atoms with Crippen molar-refractivity contribution in [1.29, 1.82) is 0 Å². The number of ether oxygens (including phenoxy) is 1. The molecule has 0 radical (unpaired) electrons. The first-order chi connectivity index (χ1) is 11.3. The molecule has 0 atom stereocenters. The minimum Gasteiger partial charge on any atom is -0.464 e. The van der Waals surface area contributed by atoms with Gasteiger partial charge in [0.1, 0.15) is 10.5 Å². The second kappa shape index (κ2) is 5.63. The van der Waals surface area contributed by atoms with Crippen LogP contribution in [0.4, 0.5) is 0 Å². The molecule has 0 fully saturated rings. The van der Waals surface area contributed by atoms with E-state index in [0.29, 0.717) is 11.5 Å². The molecule has 0 spiro atoms. The second-order valence-electron chi connectivity index (χ2n) is 5.20. The Morgan fingerprint density at radius 3 is 3.00 bits per heavy atom. The third-order valence-corrected chi connectivity index (χ3v) is 4.73. The van der Waals surface area contributed by atoms with Crippen LogP contribution < -0.4 is 5.22 Å². The Morgan fingerprint density at radius 2 is 2.13 bits per heavy atom. The van der Waals surface area contributed by atoms with E-state index in [4.69, 9.17) is 9.15 Å². The molecule has 3 aromatic rings. The fourth-order valence-electron chi connectivity index (χ4n) is 2.91. The Balaban J connectivity index is 2.20. The quantitative estimate of drug-likeness (QED) is 0.661. The fraction of sp³-hybridized carbons (Fsp3) is 0.105. The van der Waals surface area contributed by atoms with Crippen LogP contribution in [0.3, 0.4) is 0 Å². The van der Waals surface area contributed by atoms with Crippen molar-refractivity contribution in [3.05, 3.63) is 58.9 Å². The van der Waals surface area contributed by atoms with Crippen molar-refractivity contribution in [2.24, 2.45) is 0 Å². The van der Waals surface area contributed by atoms with Gasteiger partial charge in [-0.15, -0.1) is 0 Å². The summed E-state index contributed by atoms with van der Waals surface area (Å²) < 4.78 is 10.9. The summed E-state index contributed by atoms with van der Waals surface area (Å²) in [6.07, 6.45) is 3.70. The average Bonchev–Trinajstić information content (AvgIpc) is 2.83. The first-order valence-corrected chi connectivity index (χ1v) is 8.31. The molecule has 4 rings (SSSR count). The lowest BCUT2D eigenvalue weighted by Crippen LogP contribution is -2.17. The molecule has 23 heavy (non-hydrogen) atoms. The number of thioether (sulfide) groups is 1. The van der Waals surface area contributed by atoms with Crippen LogP contribution in [-0.4, -0.2) is 12.6 Å². The predicted molar refractivity (Wildman–Crippen MR) is 94.4 cm³/mol. The lowest BCUT2D eigenvalue weighted by atomic mass is 10.1. The number of rotatable bonds is 2. The zero-order chi connectivity index (χ0) is 15.8. The number of carbonyl (C=O) groups excluding carboxylic acids is 1. The van der Waals surface area contributed by atoms with Crippen LogP contribution >= 0.6 is 11.8 Å². The summed E-state index contributed by atoms with van der Waals surface area (Å²) in [6.45, 7) is 2.18. The van der Waals surface area contributed by atoms with Crippen LogP contribution in [0, 0.1) is 0 Å². The highest BCUT2D eigenvalue weighted by Crippen LogP contribution is 2.30. The molecule has 0 bridgehead atoms. The van der Waals surface area contributed by atoms with Crippen LogP contribution in [0.2, 0.25) is 0 Å². The van der Waals surface area contributed by atoms with E-state index in [9.17, 15) is 4.79 Å². The van der Waals surface area contributed by atoms with Gasteiger partial charge in [-0.3, -0.25) is 0 Å². The number of hydrogen-bond acceptors (Lipinski definition) is 4. The van der Waals surface area contributed by atoms with Crippen LogP contribution in [0.15, 0.2) is 52.5 Å². The summed E-state index contributed by atoms with van der Waals surface area (Å²) in [4.78, 5) is 13.0. The fourth-order valence-corrected chi connectivity index (χ4v) is 3.77. The van der Waals surface area contributed by atoms with Crippen molar-refractivity contribution in [2.45, 2.75) is 6.92 Å². The normalized spacial score (nSPS) is 13.3. The Hall–Kier alpha value is -2.46. The van der Waals surface area contributed by atoms with Gasteiger partial charge in [-0.05, 0) is 47.6 Å². The van der Waals surface area contributed by atoms with E-state index >= 15 is 0 Å². The van der Waals surface area contributed by atoms with Crippen LogP contribution in [0.1, 0.15) is 12.5 Å². The highest BCUT2D eigenvalue weighted by atomic mass is 32.2. The third-order valence-electron chi connectivity index (χ3n) is 3.86. The molecule has 0 N–H and O–H groups in total. The lowest BCUT2D eigenvalue weighted by Gasteiger charge is -2.09. The molecule has 2 heterocycles. The zero-order valence-corrected chi connectivity index (χ0v) is 13.4. The molecule has 0 unspecified atom stereocenters. The summed E-state index contributed by atoms with van der Waals surface area (Å²) in [6, 6.07) is 12.0. The minimum absolute atomic E-state index is 0.280. The topological polar surface area (TPSA) is 39.4 Å². The molecular weight excluding hydrogens is 308 g/mol. The molecule has 4 heteroatoms. The van der Waals surface area contributed by atoms with Gasteiger partial charge in [-0.25, -0.2) is 4.79 Å². The zero-order valence-electron chi connectivity index (χ0n) is 12.5. The van der Waals surface area contributed by atoms with Crippen molar-refractivity contribution < 1.29 is 13.9 Å². The number of hydrogen-bond donors (Lipinski definition) is 0. The van der Waals surface area contributed by atoms with E-state index < -0.39 is 0 Å². The molecule has 0 saturated carbocycles. The van der Waals surface area contributed by atoms with E-state index in [1.807, 2.05) is 48.7 Å². The van der Waals surface area contributed by atoms with E-state index in [0.717, 1.165) is 32.5 Å². The van der Waals surface area contributed by atoms with Crippen molar-refractivity contribution in [3.63, 3.8) is 0 Å². The monoisotopic (exact) mass is 322 g/mol. The molecule has 114 valence electrons. The van der Waals surface area contributed by atoms with Gasteiger partial charge in [0.25, 0.3) is 0 Å². The largest absolute Gasteiger partial charge is 0.464 e. The standard InChI is InChI=1S/C19H14O3S/c1-2-21-19(20)18-16-12(8-10-23-18)5-3-7-14-15(16)11-13-6-4-9-22-17(13)14/h3-11H,2H2,1H3. The maximum absolute atomic E-state index is 12.4. The Bertz CT molecular complexity index is 1030. The maximum Gasteiger partial charge on any atom is 0.345 e. The first-order valence-electron chi connectivity index (χ1n) is 7.43. The molecule has 1 aliphatic rings. The SMILES string of the molecule is CCOC(=O)C1=c2c(cccc3c2cc2cccoc23)C=CS1. The molecular formula is C19H14O3S. The third kappa shape index (κ3) is 2.26. The first kappa shape index (κ1) is 14.2. The van der Waals surface area contributed by atoms with E-state index in [1.165, 1.54) is 11.8 Å². The van der Waals surface area contributed by atoms with Crippen molar-refractivity contribution in [2.75, 3.05) is 6.61 Å². The highest BCUT2D eigenvalue weighted by Gasteiger charge is 2.18. The Kier molecular flexibility index (Phi) is 3.46. The van der Waals surface area contributed by atoms with Gasteiger partial charge in [-0.1, -0.05) is 30.0 Å². The van der Waals surface area contributed by atoms with Gasteiger partial charge in [0.2, 0.25) is 0 Å². The lowest BCUT2D eigenvalue weighted by molar-refractivity contribution is -0.135. The van der Waals surface area contributed by atoms with Gasteiger partial charge in [-0.2, -0.15) is 0 Å². The summed E-state index contributed by atoms with van der Waals surface area (Å²) in [5, 5.41) is 5.88. The van der Waals surface area contributed by atoms with Crippen LogP contribution in [0.5, 0.6) is 0 Å². The molecule has 1 aliphatic heterocycles. The summed E-state index contributed by atoms with van der Waals surface area (Å²) >= 11 is 1.41. The van der Waals surface area contributed by atoms with E-state index in [2.05, 4.69) is 6.07 Å². The van der Waals surface area contributed by atoms with Gasteiger partial charge in [0, 0.05) is 16.0 Å². The highest BCUT2D eigenvalue weighted by molar-refractivity contribution is 8.11. The molecule has 2 aromatic carbocycles. The van der Waals surface area contributed by atoms with Gasteiger partial charge >= 0.3 is 5.97 Å². The molecule has 0 saturated heterocycles. The van der Waals surface area contributed by atoms with Crippen molar-refractivity contribution in [1.82, 2.24) is 0 Å². The van der Waals surface area contributed by atoms with Gasteiger partial charge < -0.3 is 9.15 Å². The molecule has 1 aromatic heterocycles. The number of fused-ring (bicyclic) bond motifs is 5. The average molecular weight is 322 g/mol. The van der Waals surface area contributed by atoms with E-state index in [1.54, 1.807) is 6.26 Å². The predicted octanol–water partition coefficient (Wildman–Crippen LogP) is 4.26. The smallest absolute Gasteiger partial charge is 0.345 e. The number of esters is 1. The van der Waals surface area contributed by atoms with Crippen LogP contribution in [-0.2, 0) is 9.53 Å². The maximum atomic E-state index is 12.4. The van der Waals surface area contributed by atoms with Gasteiger partial charge in [0.15, 0.2) is 0 Å². The molecule has 0 aliphatic carbocycles. The summed E-state index contributed by atoms with van der Waals surface area (Å²) in [5.74, 6) is -0.280. The second-order valence-corrected chi connectivity index (χ2v) is 6.11. The van der Waals surface area contributed by atoms with Crippen LogP contribution in [0.25, 0.3) is 32.7 Å². The number of carbonyl (C=O) groups is 1. The minimum atomic E-state index is -0.280. The Labute approximate surface area is 137 Å². The van der Waals surface area contributed by atoms with Gasteiger partial charge in [0.05, 0.1) is 12.9 Å². The summed E-state index contributed by atoms with van der Waals surface area (Å²) in [7, 11) is 0. The molecule has 0 amide bonds. The summed E-state index contributed by atoms with van der Waals surface area (Å²) in [5.41, 5.74) is 1.85. The Morgan fingerprint density at radius 1 is 1.22 bits per heavy atom. The molecule has 3 nitrogen and oxygen atoms in total. The van der Waals surface area contributed by atoms with Crippen molar-refractivity contribution in [3.8, 4) is 0 Å².